The number of alkyl carbamates (subject to hydrolysis) is 1. The second-order valence-electron chi connectivity index (χ2n) is 13.1. The first-order valence-electron chi connectivity index (χ1n) is 15.8. The van der Waals surface area contributed by atoms with Gasteiger partial charge < -0.3 is 19.7 Å². The third-order valence-corrected chi connectivity index (χ3v) is 8.85. The van der Waals surface area contributed by atoms with Gasteiger partial charge in [0.25, 0.3) is 5.56 Å². The van der Waals surface area contributed by atoms with Crippen molar-refractivity contribution in [1.82, 2.24) is 19.8 Å². The highest BCUT2D eigenvalue weighted by atomic mass is 35.5. The van der Waals surface area contributed by atoms with E-state index < -0.39 is 23.8 Å². The lowest BCUT2D eigenvalue weighted by Crippen LogP contribution is -2.38. The van der Waals surface area contributed by atoms with E-state index in [1.807, 2.05) is 45.0 Å². The van der Waals surface area contributed by atoms with Gasteiger partial charge in [-0.2, -0.15) is 0 Å². The molecule has 0 saturated heterocycles. The van der Waals surface area contributed by atoms with Gasteiger partial charge in [0, 0.05) is 26.1 Å². The summed E-state index contributed by atoms with van der Waals surface area (Å²) in [5.41, 5.74) is 4.14. The van der Waals surface area contributed by atoms with Crippen molar-refractivity contribution < 1.29 is 19.1 Å². The molecule has 0 radical (unpaired) electrons. The van der Waals surface area contributed by atoms with Crippen molar-refractivity contribution in [3.05, 3.63) is 99.1 Å². The SMILES string of the molecule is CN(CCCn1c(C(NC(=O)OCC2c3ccccc3-c3ccccc32)C2CC2)nc2cccc(Cl)c2c1=O)C(=O)OC(C)(C)C. The predicted octanol–water partition coefficient (Wildman–Crippen LogP) is 7.30. The van der Waals surface area contributed by atoms with Crippen LogP contribution in [0.1, 0.15) is 68.9 Å². The summed E-state index contributed by atoms with van der Waals surface area (Å²) in [5.74, 6) is 0.494. The van der Waals surface area contributed by atoms with Gasteiger partial charge in [-0.05, 0) is 80.3 Å². The lowest BCUT2D eigenvalue weighted by molar-refractivity contribution is 0.0295. The van der Waals surface area contributed by atoms with E-state index in [0.29, 0.717) is 34.7 Å². The minimum absolute atomic E-state index is 0.0707. The van der Waals surface area contributed by atoms with Crippen molar-refractivity contribution in [2.45, 2.75) is 64.1 Å². The molecule has 3 aromatic carbocycles. The Hall–Kier alpha value is -4.37. The number of fused-ring (bicyclic) bond motifs is 4. The maximum absolute atomic E-state index is 13.9. The summed E-state index contributed by atoms with van der Waals surface area (Å²) < 4.78 is 12.9. The van der Waals surface area contributed by atoms with Gasteiger partial charge in [-0.15, -0.1) is 0 Å². The maximum Gasteiger partial charge on any atom is 0.410 e. The molecule has 240 valence electrons. The molecule has 1 heterocycles. The number of halogens is 1. The van der Waals surface area contributed by atoms with Crippen molar-refractivity contribution in [2.24, 2.45) is 5.92 Å². The Kier molecular flexibility index (Phi) is 8.79. The third-order valence-electron chi connectivity index (χ3n) is 8.53. The Morgan fingerprint density at radius 1 is 1.02 bits per heavy atom. The highest BCUT2D eigenvalue weighted by Crippen LogP contribution is 2.45. The lowest BCUT2D eigenvalue weighted by Gasteiger charge is -2.25. The number of amides is 2. The summed E-state index contributed by atoms with van der Waals surface area (Å²) >= 11 is 6.48. The van der Waals surface area contributed by atoms with E-state index in [2.05, 4.69) is 29.6 Å². The van der Waals surface area contributed by atoms with Crippen LogP contribution in [-0.4, -0.2) is 52.4 Å². The van der Waals surface area contributed by atoms with Crippen LogP contribution in [0.5, 0.6) is 0 Å². The van der Waals surface area contributed by atoms with Crippen molar-refractivity contribution in [2.75, 3.05) is 20.2 Å². The van der Waals surface area contributed by atoms with E-state index in [9.17, 15) is 14.4 Å². The fourth-order valence-electron chi connectivity index (χ4n) is 6.18. The minimum atomic E-state index is -0.614. The highest BCUT2D eigenvalue weighted by Gasteiger charge is 2.38. The van der Waals surface area contributed by atoms with E-state index in [0.717, 1.165) is 35.1 Å². The van der Waals surface area contributed by atoms with Gasteiger partial charge in [0.15, 0.2) is 0 Å². The van der Waals surface area contributed by atoms with Gasteiger partial charge in [-0.3, -0.25) is 9.36 Å². The van der Waals surface area contributed by atoms with Crippen LogP contribution in [0.3, 0.4) is 0 Å². The molecule has 2 amide bonds. The molecule has 10 heteroatoms. The molecule has 0 spiro atoms. The highest BCUT2D eigenvalue weighted by molar-refractivity contribution is 6.35. The number of carbonyl (C=O) groups excluding carboxylic acids is 2. The van der Waals surface area contributed by atoms with E-state index in [-0.39, 0.29) is 30.5 Å². The predicted molar refractivity (Wildman–Crippen MR) is 178 cm³/mol. The Labute approximate surface area is 273 Å². The fourth-order valence-corrected chi connectivity index (χ4v) is 6.43. The fraction of sp³-hybridized carbons (Fsp3) is 0.389. The molecule has 1 aromatic heterocycles. The number of benzene rings is 3. The molecule has 6 rings (SSSR count). The summed E-state index contributed by atoms with van der Waals surface area (Å²) in [4.78, 5) is 46.2. The number of nitrogens with zero attached hydrogens (tertiary/aromatic N) is 3. The van der Waals surface area contributed by atoms with Crippen molar-refractivity contribution >= 4 is 34.7 Å². The number of aromatic nitrogens is 2. The number of nitrogens with one attached hydrogen (secondary N) is 1. The molecule has 0 aliphatic heterocycles. The van der Waals surface area contributed by atoms with Crippen LogP contribution in [0.15, 0.2) is 71.5 Å². The van der Waals surface area contributed by atoms with Crippen LogP contribution in [0.25, 0.3) is 22.0 Å². The average molecular weight is 643 g/mol. The summed E-state index contributed by atoms with van der Waals surface area (Å²) in [6.07, 6.45) is 1.24. The number of ether oxygens (including phenoxy) is 2. The first kappa shape index (κ1) is 31.6. The second kappa shape index (κ2) is 12.8. The summed E-state index contributed by atoms with van der Waals surface area (Å²) in [7, 11) is 1.67. The van der Waals surface area contributed by atoms with Crippen LogP contribution >= 0.6 is 11.6 Å². The van der Waals surface area contributed by atoms with E-state index in [1.54, 1.807) is 29.8 Å². The van der Waals surface area contributed by atoms with E-state index in [4.69, 9.17) is 26.1 Å². The van der Waals surface area contributed by atoms with Gasteiger partial charge in [0.05, 0.1) is 22.0 Å². The largest absolute Gasteiger partial charge is 0.449 e. The topological polar surface area (TPSA) is 103 Å². The standard InChI is InChI=1S/C36H39ClN4O5/c1-36(2,3)46-35(44)40(4)19-10-20-41-32(38-29-16-9-15-28(37)30(29)33(41)42)31(22-17-18-22)39-34(43)45-21-27-25-13-7-5-11-23(25)24-12-6-8-14-26(24)27/h5-9,11-16,22,27,31H,10,17-21H2,1-4H3,(H,39,43). The van der Waals surface area contributed by atoms with Crippen LogP contribution in [0, 0.1) is 5.92 Å². The lowest BCUT2D eigenvalue weighted by atomic mass is 9.98. The number of hydrogen-bond donors (Lipinski definition) is 1. The molecule has 46 heavy (non-hydrogen) atoms. The molecule has 1 fully saturated rings. The third kappa shape index (κ3) is 6.60. The summed E-state index contributed by atoms with van der Waals surface area (Å²) in [6.45, 7) is 6.26. The van der Waals surface area contributed by atoms with Crippen molar-refractivity contribution in [3.63, 3.8) is 0 Å². The molecular weight excluding hydrogens is 604 g/mol. The Balaban J connectivity index is 1.23. The second-order valence-corrected chi connectivity index (χ2v) is 13.5. The zero-order valence-corrected chi connectivity index (χ0v) is 27.3. The van der Waals surface area contributed by atoms with E-state index in [1.165, 1.54) is 4.90 Å². The normalized spacial score (nSPS) is 14.8. The molecule has 1 atom stereocenters. The van der Waals surface area contributed by atoms with Gasteiger partial charge in [-0.25, -0.2) is 14.6 Å². The molecule has 9 nitrogen and oxygen atoms in total. The quantitative estimate of drug-likeness (QED) is 0.206. The van der Waals surface area contributed by atoms with Crippen molar-refractivity contribution in [3.8, 4) is 11.1 Å². The molecule has 1 saturated carbocycles. The summed E-state index contributed by atoms with van der Waals surface area (Å²) in [5, 5.41) is 3.69. The monoisotopic (exact) mass is 642 g/mol. The van der Waals surface area contributed by atoms with Crippen LogP contribution < -0.4 is 10.9 Å². The van der Waals surface area contributed by atoms with Crippen LogP contribution in [0.2, 0.25) is 5.02 Å². The molecule has 2 aliphatic rings. The molecule has 1 N–H and O–H groups in total. The first-order chi connectivity index (χ1) is 22.0. The molecule has 0 bridgehead atoms. The smallest absolute Gasteiger partial charge is 0.410 e. The zero-order chi connectivity index (χ0) is 32.6. The molecule has 4 aromatic rings. The maximum atomic E-state index is 13.9. The molecule has 1 unspecified atom stereocenters. The molecule has 2 aliphatic carbocycles. The van der Waals surface area contributed by atoms with Gasteiger partial charge in [0.1, 0.15) is 18.0 Å². The van der Waals surface area contributed by atoms with Gasteiger partial charge in [-0.1, -0.05) is 66.2 Å². The number of carbonyl (C=O) groups is 2. The van der Waals surface area contributed by atoms with Crippen LogP contribution in [-0.2, 0) is 16.0 Å². The zero-order valence-electron chi connectivity index (χ0n) is 26.6. The van der Waals surface area contributed by atoms with Crippen LogP contribution in [0.4, 0.5) is 9.59 Å². The van der Waals surface area contributed by atoms with Gasteiger partial charge in [0.2, 0.25) is 0 Å². The Morgan fingerprint density at radius 3 is 2.30 bits per heavy atom. The minimum Gasteiger partial charge on any atom is -0.449 e. The molecular formula is C36H39ClN4O5. The number of rotatable bonds is 9. The first-order valence-corrected chi connectivity index (χ1v) is 16.1. The summed E-state index contributed by atoms with van der Waals surface area (Å²) in [6, 6.07) is 21.0. The van der Waals surface area contributed by atoms with Crippen molar-refractivity contribution in [1.29, 1.82) is 0 Å². The van der Waals surface area contributed by atoms with Gasteiger partial charge >= 0.3 is 12.2 Å². The Bertz CT molecular complexity index is 1800. The average Bonchev–Trinajstić information content (AvgIpc) is 3.81. The van der Waals surface area contributed by atoms with E-state index >= 15 is 0 Å². The number of hydrogen-bond acceptors (Lipinski definition) is 6. The Morgan fingerprint density at radius 2 is 1.67 bits per heavy atom.